The molecule has 1 rings (SSSR count). The average Bonchev–Trinajstić information content (AvgIpc) is 2.49. The molecule has 16 heavy (non-hydrogen) atoms. The van der Waals surface area contributed by atoms with E-state index in [4.69, 9.17) is 0 Å². The largest absolute Gasteiger partial charge is 0.302 e. The summed E-state index contributed by atoms with van der Waals surface area (Å²) in [6.45, 7) is 8.53. The van der Waals surface area contributed by atoms with Gasteiger partial charge in [-0.1, -0.05) is 39.0 Å². The van der Waals surface area contributed by atoms with Crippen LogP contribution in [-0.2, 0) is 4.79 Å². The van der Waals surface area contributed by atoms with Gasteiger partial charge in [0.05, 0.1) is 9.98 Å². The van der Waals surface area contributed by atoms with E-state index in [-0.39, 0.29) is 11.3 Å². The van der Waals surface area contributed by atoms with Crippen molar-refractivity contribution in [2.75, 3.05) is 5.32 Å². The summed E-state index contributed by atoms with van der Waals surface area (Å²) in [6, 6.07) is 0. The van der Waals surface area contributed by atoms with E-state index in [0.29, 0.717) is 17.5 Å². The van der Waals surface area contributed by atoms with Crippen LogP contribution in [0.3, 0.4) is 0 Å². The molecule has 0 aromatic carbocycles. The molecule has 1 aromatic rings. The van der Waals surface area contributed by atoms with Gasteiger partial charge in [-0.25, -0.2) is 4.98 Å². The molecule has 0 aliphatic rings. The van der Waals surface area contributed by atoms with Crippen LogP contribution in [0, 0.1) is 11.3 Å². The van der Waals surface area contributed by atoms with E-state index in [2.05, 4.69) is 53.9 Å². The number of aromatic nitrogens is 1. The SMILES string of the molecule is CC(CC(=O)Nc1ncc(Br)s1)C(C)(C)C. The van der Waals surface area contributed by atoms with Gasteiger partial charge in [0, 0.05) is 6.42 Å². The van der Waals surface area contributed by atoms with Crippen molar-refractivity contribution in [2.24, 2.45) is 11.3 Å². The van der Waals surface area contributed by atoms with Gasteiger partial charge >= 0.3 is 0 Å². The molecule has 0 spiro atoms. The Hall–Kier alpha value is -0.420. The zero-order chi connectivity index (χ0) is 12.3. The van der Waals surface area contributed by atoms with Crippen LogP contribution in [-0.4, -0.2) is 10.9 Å². The fourth-order valence-electron chi connectivity index (χ4n) is 1.07. The number of hydrogen-bond acceptors (Lipinski definition) is 3. The monoisotopic (exact) mass is 304 g/mol. The number of nitrogens with one attached hydrogen (secondary N) is 1. The van der Waals surface area contributed by atoms with Crippen molar-refractivity contribution in [3.63, 3.8) is 0 Å². The fourth-order valence-corrected chi connectivity index (χ4v) is 2.19. The van der Waals surface area contributed by atoms with Crippen LogP contribution in [0.1, 0.15) is 34.1 Å². The molecule has 1 heterocycles. The van der Waals surface area contributed by atoms with Crippen LogP contribution < -0.4 is 5.32 Å². The maximum absolute atomic E-state index is 11.7. The first-order valence-corrected chi connectivity index (χ1v) is 6.81. The second-order valence-electron chi connectivity index (χ2n) is 4.99. The molecule has 1 atom stereocenters. The molecule has 0 aliphatic carbocycles. The number of rotatable bonds is 3. The number of carbonyl (C=O) groups is 1. The Kier molecular flexibility index (Phi) is 4.50. The smallest absolute Gasteiger partial charge is 0.226 e. The number of hydrogen-bond donors (Lipinski definition) is 1. The second kappa shape index (κ2) is 5.27. The van der Waals surface area contributed by atoms with Gasteiger partial charge < -0.3 is 5.32 Å². The summed E-state index contributed by atoms with van der Waals surface area (Å²) in [7, 11) is 0. The van der Waals surface area contributed by atoms with Crippen LogP contribution in [0.25, 0.3) is 0 Å². The first-order valence-electron chi connectivity index (χ1n) is 5.20. The molecule has 1 aromatic heterocycles. The normalized spacial score (nSPS) is 13.6. The molecule has 90 valence electrons. The second-order valence-corrected chi connectivity index (χ2v) is 7.40. The minimum absolute atomic E-state index is 0.0317. The lowest BCUT2D eigenvalue weighted by atomic mass is 9.80. The number of anilines is 1. The number of thiazole rings is 1. The number of nitrogens with zero attached hydrogens (tertiary/aromatic N) is 1. The van der Waals surface area contributed by atoms with E-state index in [1.54, 1.807) is 6.20 Å². The standard InChI is InChI=1S/C11H17BrN2OS/c1-7(11(2,3)4)5-9(15)14-10-13-6-8(12)16-10/h6-7H,5H2,1-4H3,(H,13,14,15). The first-order chi connectivity index (χ1) is 7.29. The van der Waals surface area contributed by atoms with Gasteiger partial charge in [0.15, 0.2) is 5.13 Å². The Morgan fingerprint density at radius 3 is 2.69 bits per heavy atom. The van der Waals surface area contributed by atoms with Gasteiger partial charge in [0.2, 0.25) is 5.91 Å². The fraction of sp³-hybridized carbons (Fsp3) is 0.636. The Morgan fingerprint density at radius 1 is 1.62 bits per heavy atom. The summed E-state index contributed by atoms with van der Waals surface area (Å²) < 4.78 is 0.923. The highest BCUT2D eigenvalue weighted by molar-refractivity contribution is 9.11. The van der Waals surface area contributed by atoms with Gasteiger partial charge in [-0.3, -0.25) is 4.79 Å². The summed E-state index contributed by atoms with van der Waals surface area (Å²) in [4.78, 5) is 15.8. The molecule has 0 radical (unpaired) electrons. The van der Waals surface area contributed by atoms with Gasteiger partial charge in [-0.2, -0.15) is 0 Å². The van der Waals surface area contributed by atoms with E-state index in [9.17, 15) is 4.79 Å². The lowest BCUT2D eigenvalue weighted by Gasteiger charge is -2.26. The van der Waals surface area contributed by atoms with Crippen LogP contribution in [0.5, 0.6) is 0 Å². The van der Waals surface area contributed by atoms with Crippen molar-refractivity contribution in [1.29, 1.82) is 0 Å². The third kappa shape index (κ3) is 4.22. The maximum atomic E-state index is 11.7. The molecular weight excluding hydrogens is 288 g/mol. The molecule has 0 fully saturated rings. The van der Waals surface area contributed by atoms with Crippen molar-refractivity contribution < 1.29 is 4.79 Å². The van der Waals surface area contributed by atoms with Crippen molar-refractivity contribution in [3.05, 3.63) is 9.98 Å². The molecular formula is C11H17BrN2OS. The Morgan fingerprint density at radius 2 is 2.25 bits per heavy atom. The van der Waals surface area contributed by atoms with E-state index in [1.165, 1.54) is 11.3 Å². The molecule has 0 saturated carbocycles. The predicted octanol–water partition coefficient (Wildman–Crippen LogP) is 3.92. The molecule has 0 saturated heterocycles. The highest BCUT2D eigenvalue weighted by Crippen LogP contribution is 2.29. The highest BCUT2D eigenvalue weighted by Gasteiger charge is 2.22. The molecule has 3 nitrogen and oxygen atoms in total. The van der Waals surface area contributed by atoms with Crippen LogP contribution >= 0.6 is 27.3 Å². The topological polar surface area (TPSA) is 42.0 Å². The first kappa shape index (κ1) is 13.6. The third-order valence-corrected chi connectivity index (χ3v) is 4.09. The Balaban J connectivity index is 2.48. The molecule has 1 unspecified atom stereocenters. The summed E-state index contributed by atoms with van der Waals surface area (Å²) >= 11 is 4.73. The number of halogens is 1. The van der Waals surface area contributed by atoms with Gasteiger partial charge in [0.1, 0.15) is 0 Å². The predicted molar refractivity (Wildman–Crippen MR) is 71.7 cm³/mol. The zero-order valence-corrected chi connectivity index (χ0v) is 12.4. The van der Waals surface area contributed by atoms with Crippen molar-refractivity contribution >= 4 is 38.3 Å². The van der Waals surface area contributed by atoms with Gasteiger partial charge in [-0.15, -0.1) is 0 Å². The van der Waals surface area contributed by atoms with Crippen LogP contribution in [0.4, 0.5) is 5.13 Å². The third-order valence-electron chi connectivity index (χ3n) is 2.69. The number of amides is 1. The van der Waals surface area contributed by atoms with Gasteiger partial charge in [-0.05, 0) is 27.3 Å². The molecule has 1 amide bonds. The molecule has 5 heteroatoms. The van der Waals surface area contributed by atoms with Gasteiger partial charge in [0.25, 0.3) is 0 Å². The Bertz CT molecular complexity index is 370. The van der Waals surface area contributed by atoms with E-state index in [0.717, 1.165) is 3.79 Å². The van der Waals surface area contributed by atoms with Crippen molar-refractivity contribution in [1.82, 2.24) is 4.98 Å². The maximum Gasteiger partial charge on any atom is 0.226 e. The van der Waals surface area contributed by atoms with Crippen molar-refractivity contribution in [2.45, 2.75) is 34.1 Å². The van der Waals surface area contributed by atoms with E-state index >= 15 is 0 Å². The summed E-state index contributed by atoms with van der Waals surface area (Å²) in [5.41, 5.74) is 0.154. The minimum atomic E-state index is 0.0317. The summed E-state index contributed by atoms with van der Waals surface area (Å²) in [5, 5.41) is 3.46. The quantitative estimate of drug-likeness (QED) is 0.919. The summed E-state index contributed by atoms with van der Waals surface area (Å²) in [5.74, 6) is 0.375. The lowest BCUT2D eigenvalue weighted by Crippen LogP contribution is -2.23. The molecule has 0 aliphatic heterocycles. The van der Waals surface area contributed by atoms with Crippen LogP contribution in [0.15, 0.2) is 9.98 Å². The average molecular weight is 305 g/mol. The number of carbonyl (C=O) groups excluding carboxylic acids is 1. The highest BCUT2D eigenvalue weighted by atomic mass is 79.9. The zero-order valence-electron chi connectivity index (χ0n) is 10.0. The summed E-state index contributed by atoms with van der Waals surface area (Å²) in [6.07, 6.45) is 2.22. The Labute approximate surface area is 109 Å². The molecule has 1 N–H and O–H groups in total. The minimum Gasteiger partial charge on any atom is -0.302 e. The van der Waals surface area contributed by atoms with Crippen LogP contribution in [0.2, 0.25) is 0 Å². The van der Waals surface area contributed by atoms with E-state index in [1.807, 2.05) is 0 Å². The molecule has 0 bridgehead atoms. The van der Waals surface area contributed by atoms with Crippen molar-refractivity contribution in [3.8, 4) is 0 Å². The van der Waals surface area contributed by atoms with E-state index < -0.39 is 0 Å². The lowest BCUT2D eigenvalue weighted by molar-refractivity contribution is -0.117.